The Morgan fingerprint density at radius 1 is 0.714 bits per heavy atom. The second kappa shape index (κ2) is 7.24. The number of rotatable bonds is 5. The van der Waals surface area contributed by atoms with E-state index in [9.17, 15) is 0 Å². The van der Waals surface area contributed by atoms with Gasteiger partial charge in [-0.1, -0.05) is 52.3 Å². The van der Waals surface area contributed by atoms with Gasteiger partial charge in [0.1, 0.15) is 11.6 Å². The molecule has 0 radical (unpaired) electrons. The summed E-state index contributed by atoms with van der Waals surface area (Å²) in [4.78, 5) is 16.6. The zero-order chi connectivity index (χ0) is 18.9. The SMILES string of the molecule is Brc1ccc(C[C@@H](Cc2nc3ccccc3[nH]2)c2nc3ccccc3[nH]2)cc1. The molecule has 2 heterocycles. The number of para-hydroxylation sites is 4. The molecule has 0 saturated carbocycles. The van der Waals surface area contributed by atoms with Gasteiger partial charge in [-0.25, -0.2) is 9.97 Å². The number of nitrogens with one attached hydrogen (secondary N) is 2. The Bertz CT molecular complexity index is 1170. The lowest BCUT2D eigenvalue weighted by molar-refractivity contribution is 0.628. The fraction of sp³-hybridized carbons (Fsp3) is 0.130. The molecular weight excluding hydrogens is 412 g/mol. The highest BCUT2D eigenvalue weighted by Crippen LogP contribution is 2.26. The van der Waals surface area contributed by atoms with E-state index in [0.29, 0.717) is 0 Å². The molecule has 1 atom stereocenters. The van der Waals surface area contributed by atoms with Crippen LogP contribution in [0.3, 0.4) is 0 Å². The monoisotopic (exact) mass is 430 g/mol. The number of nitrogens with zero attached hydrogens (tertiary/aromatic N) is 2. The predicted molar refractivity (Wildman–Crippen MR) is 116 cm³/mol. The van der Waals surface area contributed by atoms with E-state index in [-0.39, 0.29) is 5.92 Å². The van der Waals surface area contributed by atoms with Crippen LogP contribution < -0.4 is 0 Å². The number of halogens is 1. The first kappa shape index (κ1) is 17.2. The summed E-state index contributed by atoms with van der Waals surface area (Å²) in [5.74, 6) is 2.20. The summed E-state index contributed by atoms with van der Waals surface area (Å²) < 4.78 is 1.09. The van der Waals surface area contributed by atoms with Crippen LogP contribution in [-0.2, 0) is 12.8 Å². The van der Waals surface area contributed by atoms with E-state index >= 15 is 0 Å². The van der Waals surface area contributed by atoms with Gasteiger partial charge < -0.3 is 9.97 Å². The standard InChI is InChI=1S/C23H19BrN4/c24-17-11-9-15(10-12-17)13-16(23-27-20-7-3-4-8-21(20)28-23)14-22-25-18-5-1-2-6-19(18)26-22/h1-12,16H,13-14H2,(H,25,26)(H,27,28)/t16-/m0/s1. The van der Waals surface area contributed by atoms with Gasteiger partial charge in [-0.05, 0) is 48.4 Å². The quantitative estimate of drug-likeness (QED) is 0.371. The molecule has 0 bridgehead atoms. The van der Waals surface area contributed by atoms with Crippen LogP contribution >= 0.6 is 15.9 Å². The fourth-order valence-electron chi connectivity index (χ4n) is 3.67. The summed E-state index contributed by atoms with van der Waals surface area (Å²) in [6, 6.07) is 24.8. The fourth-order valence-corrected chi connectivity index (χ4v) is 3.94. The molecule has 3 aromatic carbocycles. The van der Waals surface area contributed by atoms with E-state index in [1.54, 1.807) is 0 Å². The van der Waals surface area contributed by atoms with Crippen molar-refractivity contribution >= 4 is 38.0 Å². The van der Waals surface area contributed by atoms with Crippen LogP contribution in [0.25, 0.3) is 22.1 Å². The smallest absolute Gasteiger partial charge is 0.111 e. The Labute approximate surface area is 171 Å². The molecule has 28 heavy (non-hydrogen) atoms. The van der Waals surface area contributed by atoms with Gasteiger partial charge in [-0.2, -0.15) is 0 Å². The third kappa shape index (κ3) is 3.45. The minimum atomic E-state index is 0.203. The lowest BCUT2D eigenvalue weighted by Crippen LogP contribution is -2.10. The number of fused-ring (bicyclic) bond motifs is 2. The molecule has 0 fully saturated rings. The summed E-state index contributed by atoms with van der Waals surface area (Å²) in [5.41, 5.74) is 5.43. The Morgan fingerprint density at radius 2 is 1.36 bits per heavy atom. The summed E-state index contributed by atoms with van der Waals surface area (Å²) in [6.07, 6.45) is 1.69. The first-order valence-electron chi connectivity index (χ1n) is 9.37. The predicted octanol–water partition coefficient (Wildman–Crippen LogP) is 5.77. The third-order valence-electron chi connectivity index (χ3n) is 5.07. The molecule has 0 unspecified atom stereocenters. The molecule has 5 rings (SSSR count). The largest absolute Gasteiger partial charge is 0.342 e. The zero-order valence-corrected chi connectivity index (χ0v) is 16.8. The van der Waals surface area contributed by atoms with Crippen molar-refractivity contribution in [2.45, 2.75) is 18.8 Å². The second-order valence-corrected chi connectivity index (χ2v) is 7.99. The molecule has 0 aliphatic heterocycles. The van der Waals surface area contributed by atoms with E-state index in [1.807, 2.05) is 36.4 Å². The summed E-state index contributed by atoms with van der Waals surface area (Å²) in [5, 5.41) is 0. The molecular formula is C23H19BrN4. The van der Waals surface area contributed by atoms with Crippen molar-refractivity contribution in [1.29, 1.82) is 0 Å². The average Bonchev–Trinajstić information content (AvgIpc) is 3.32. The molecule has 2 aromatic heterocycles. The van der Waals surface area contributed by atoms with Crippen molar-refractivity contribution in [2.24, 2.45) is 0 Å². The van der Waals surface area contributed by atoms with Crippen LogP contribution in [0.15, 0.2) is 77.3 Å². The highest BCUT2D eigenvalue weighted by molar-refractivity contribution is 9.10. The first-order chi connectivity index (χ1) is 13.7. The lowest BCUT2D eigenvalue weighted by atomic mass is 9.95. The number of hydrogen-bond donors (Lipinski definition) is 2. The van der Waals surface area contributed by atoms with E-state index in [4.69, 9.17) is 9.97 Å². The van der Waals surface area contributed by atoms with Crippen molar-refractivity contribution in [3.05, 3.63) is 94.5 Å². The van der Waals surface area contributed by atoms with Crippen molar-refractivity contribution in [3.63, 3.8) is 0 Å². The number of hydrogen-bond acceptors (Lipinski definition) is 2. The maximum absolute atomic E-state index is 4.87. The Morgan fingerprint density at radius 3 is 2.04 bits per heavy atom. The number of imidazole rings is 2. The highest BCUT2D eigenvalue weighted by Gasteiger charge is 2.19. The van der Waals surface area contributed by atoms with E-state index in [1.165, 1.54) is 5.56 Å². The highest BCUT2D eigenvalue weighted by atomic mass is 79.9. The summed E-state index contributed by atoms with van der Waals surface area (Å²) >= 11 is 3.52. The van der Waals surface area contributed by atoms with Crippen molar-refractivity contribution in [1.82, 2.24) is 19.9 Å². The Kier molecular flexibility index (Phi) is 4.45. The van der Waals surface area contributed by atoms with E-state index in [0.717, 1.165) is 51.0 Å². The maximum atomic E-state index is 4.87. The van der Waals surface area contributed by atoms with Gasteiger partial charge in [0.25, 0.3) is 0 Å². The van der Waals surface area contributed by atoms with Gasteiger partial charge in [-0.3, -0.25) is 0 Å². The minimum absolute atomic E-state index is 0.203. The van der Waals surface area contributed by atoms with Gasteiger partial charge >= 0.3 is 0 Å². The maximum Gasteiger partial charge on any atom is 0.111 e. The van der Waals surface area contributed by atoms with E-state index < -0.39 is 0 Å². The zero-order valence-electron chi connectivity index (χ0n) is 15.2. The van der Waals surface area contributed by atoms with Gasteiger partial charge in [0, 0.05) is 16.8 Å². The minimum Gasteiger partial charge on any atom is -0.342 e. The van der Waals surface area contributed by atoms with Crippen LogP contribution in [0.4, 0.5) is 0 Å². The molecule has 5 aromatic rings. The van der Waals surface area contributed by atoms with Gasteiger partial charge in [-0.15, -0.1) is 0 Å². The van der Waals surface area contributed by atoms with Crippen molar-refractivity contribution in [3.8, 4) is 0 Å². The second-order valence-electron chi connectivity index (χ2n) is 7.07. The van der Waals surface area contributed by atoms with E-state index in [2.05, 4.69) is 62.3 Å². The van der Waals surface area contributed by atoms with Gasteiger partial charge in [0.05, 0.1) is 22.1 Å². The van der Waals surface area contributed by atoms with Crippen LogP contribution in [-0.4, -0.2) is 19.9 Å². The molecule has 2 N–H and O–H groups in total. The average molecular weight is 431 g/mol. The number of H-pyrrole nitrogens is 2. The van der Waals surface area contributed by atoms with Crippen molar-refractivity contribution < 1.29 is 0 Å². The van der Waals surface area contributed by atoms with Crippen LogP contribution in [0.1, 0.15) is 23.1 Å². The normalized spacial score (nSPS) is 12.6. The van der Waals surface area contributed by atoms with Gasteiger partial charge in [0.15, 0.2) is 0 Å². The molecule has 0 aliphatic carbocycles. The number of aromatic amines is 2. The Balaban J connectivity index is 1.51. The third-order valence-corrected chi connectivity index (χ3v) is 5.60. The molecule has 0 saturated heterocycles. The summed E-state index contributed by atoms with van der Waals surface area (Å²) in [7, 11) is 0. The molecule has 5 heteroatoms. The van der Waals surface area contributed by atoms with Crippen molar-refractivity contribution in [2.75, 3.05) is 0 Å². The van der Waals surface area contributed by atoms with Crippen LogP contribution in [0.5, 0.6) is 0 Å². The first-order valence-corrected chi connectivity index (χ1v) is 10.2. The Hall–Kier alpha value is -2.92. The van der Waals surface area contributed by atoms with Crippen LogP contribution in [0, 0.1) is 0 Å². The topological polar surface area (TPSA) is 57.4 Å². The number of benzene rings is 3. The van der Waals surface area contributed by atoms with Gasteiger partial charge in [0.2, 0.25) is 0 Å². The lowest BCUT2D eigenvalue weighted by Gasteiger charge is -2.14. The molecule has 0 amide bonds. The summed E-state index contributed by atoms with van der Waals surface area (Å²) in [6.45, 7) is 0. The molecule has 4 nitrogen and oxygen atoms in total. The number of aromatic nitrogens is 4. The molecule has 0 spiro atoms. The molecule has 0 aliphatic rings. The molecule has 138 valence electrons. The van der Waals surface area contributed by atoms with Crippen LogP contribution in [0.2, 0.25) is 0 Å².